The monoisotopic (exact) mass is 287 g/mol. The van der Waals surface area contributed by atoms with Crippen molar-refractivity contribution >= 4 is 17.7 Å². The lowest BCUT2D eigenvalue weighted by Gasteiger charge is -2.33. The largest absolute Gasteiger partial charge is 0.481 e. The highest BCUT2D eigenvalue weighted by atomic mass is 32.2. The summed E-state index contributed by atoms with van der Waals surface area (Å²) in [5, 5.41) is 12.9. The Hall–Kier alpha value is -0.220. The summed E-state index contributed by atoms with van der Waals surface area (Å²) in [6.45, 7) is 4.58. The molecule has 1 aliphatic carbocycles. The second kappa shape index (κ2) is 8.15. The molecule has 19 heavy (non-hydrogen) atoms. The first-order valence-corrected chi connectivity index (χ1v) is 8.93. The molecule has 0 unspecified atom stereocenters. The van der Waals surface area contributed by atoms with Crippen molar-refractivity contribution in [2.75, 3.05) is 18.6 Å². The molecular weight excluding hydrogens is 258 g/mol. The minimum atomic E-state index is -0.652. The van der Waals surface area contributed by atoms with Crippen LogP contribution in [0.1, 0.15) is 52.4 Å². The van der Waals surface area contributed by atoms with Gasteiger partial charge in [0.15, 0.2) is 0 Å². The Balaban J connectivity index is 2.38. The van der Waals surface area contributed by atoms with Crippen LogP contribution in [0.2, 0.25) is 0 Å². The normalized spacial score (nSPS) is 24.4. The van der Waals surface area contributed by atoms with Gasteiger partial charge in [-0.1, -0.05) is 13.8 Å². The van der Waals surface area contributed by atoms with E-state index < -0.39 is 11.4 Å². The second-order valence-corrected chi connectivity index (χ2v) is 6.76. The number of nitrogens with one attached hydrogen (secondary N) is 1. The molecule has 3 nitrogen and oxygen atoms in total. The third-order valence-corrected chi connectivity index (χ3v) is 5.59. The van der Waals surface area contributed by atoms with Gasteiger partial charge >= 0.3 is 5.97 Å². The highest BCUT2D eigenvalue weighted by Gasteiger charge is 2.35. The van der Waals surface area contributed by atoms with Gasteiger partial charge in [0.05, 0.1) is 5.41 Å². The van der Waals surface area contributed by atoms with Crippen LogP contribution in [0.25, 0.3) is 0 Å². The fourth-order valence-corrected chi connectivity index (χ4v) is 3.79. The molecule has 0 bridgehead atoms. The maximum Gasteiger partial charge on any atom is 0.310 e. The molecule has 0 aromatic rings. The third-order valence-electron chi connectivity index (χ3n) is 4.79. The van der Waals surface area contributed by atoms with Crippen LogP contribution in [0.4, 0.5) is 0 Å². The zero-order valence-electron chi connectivity index (χ0n) is 12.6. The van der Waals surface area contributed by atoms with Gasteiger partial charge in [-0.25, -0.2) is 0 Å². The van der Waals surface area contributed by atoms with Crippen LogP contribution in [0.5, 0.6) is 0 Å². The number of thioether (sulfide) groups is 1. The van der Waals surface area contributed by atoms with E-state index in [-0.39, 0.29) is 0 Å². The topological polar surface area (TPSA) is 49.3 Å². The molecule has 0 radical (unpaired) electrons. The highest BCUT2D eigenvalue weighted by Crippen LogP contribution is 2.29. The summed E-state index contributed by atoms with van der Waals surface area (Å²) in [5.41, 5.74) is -0.573. The zero-order chi connectivity index (χ0) is 14.3. The fourth-order valence-electron chi connectivity index (χ4n) is 2.99. The third kappa shape index (κ3) is 4.67. The van der Waals surface area contributed by atoms with Crippen LogP contribution in [-0.2, 0) is 4.79 Å². The summed E-state index contributed by atoms with van der Waals surface area (Å²) < 4.78 is 0. The Kier molecular flexibility index (Phi) is 7.22. The minimum Gasteiger partial charge on any atom is -0.481 e. The van der Waals surface area contributed by atoms with Crippen LogP contribution < -0.4 is 5.32 Å². The zero-order valence-corrected chi connectivity index (χ0v) is 13.4. The van der Waals surface area contributed by atoms with Crippen molar-refractivity contribution in [3.63, 3.8) is 0 Å². The van der Waals surface area contributed by atoms with E-state index in [4.69, 9.17) is 0 Å². The van der Waals surface area contributed by atoms with Crippen molar-refractivity contribution in [1.29, 1.82) is 0 Å². The quantitative estimate of drug-likeness (QED) is 0.718. The molecule has 1 fully saturated rings. The SMILES string of the molecule is CCC(CC)(CNC1CCC(CSC)CC1)C(=O)O. The molecule has 0 aliphatic heterocycles. The van der Waals surface area contributed by atoms with Gasteiger partial charge in [0.2, 0.25) is 0 Å². The molecule has 0 saturated heterocycles. The van der Waals surface area contributed by atoms with Crippen LogP contribution in [-0.4, -0.2) is 35.7 Å². The van der Waals surface area contributed by atoms with Gasteiger partial charge in [0.1, 0.15) is 0 Å². The lowest BCUT2D eigenvalue weighted by atomic mass is 9.81. The average Bonchev–Trinajstić information content (AvgIpc) is 2.42. The molecule has 1 saturated carbocycles. The number of hydrogen-bond acceptors (Lipinski definition) is 3. The first-order chi connectivity index (χ1) is 9.07. The van der Waals surface area contributed by atoms with Crippen LogP contribution in [0, 0.1) is 11.3 Å². The smallest absolute Gasteiger partial charge is 0.310 e. The first-order valence-electron chi connectivity index (χ1n) is 7.53. The number of carboxylic acid groups (broad SMARTS) is 1. The number of carbonyl (C=O) groups is 1. The van der Waals surface area contributed by atoms with E-state index in [0.29, 0.717) is 25.4 Å². The Morgan fingerprint density at radius 3 is 2.26 bits per heavy atom. The summed E-state index contributed by atoms with van der Waals surface area (Å²) >= 11 is 1.94. The van der Waals surface area contributed by atoms with E-state index >= 15 is 0 Å². The molecule has 0 atom stereocenters. The van der Waals surface area contributed by atoms with Crippen LogP contribution in [0.15, 0.2) is 0 Å². The van der Waals surface area contributed by atoms with Gasteiger partial charge in [-0.3, -0.25) is 4.79 Å². The van der Waals surface area contributed by atoms with Crippen LogP contribution >= 0.6 is 11.8 Å². The molecule has 1 rings (SSSR count). The molecule has 4 heteroatoms. The van der Waals surface area contributed by atoms with Crippen LogP contribution in [0.3, 0.4) is 0 Å². The van der Waals surface area contributed by atoms with Crippen molar-refractivity contribution < 1.29 is 9.90 Å². The maximum atomic E-state index is 11.5. The standard InChI is InChI=1S/C15H29NO2S/c1-4-15(5-2,14(17)18)11-16-13-8-6-12(7-9-13)10-19-3/h12-13,16H,4-11H2,1-3H3,(H,17,18). The molecule has 0 heterocycles. The lowest BCUT2D eigenvalue weighted by Crippen LogP contribution is -2.45. The number of carboxylic acids is 1. The summed E-state index contributed by atoms with van der Waals surface area (Å²) in [4.78, 5) is 11.5. The average molecular weight is 287 g/mol. The fraction of sp³-hybridized carbons (Fsp3) is 0.933. The molecule has 1 aliphatic rings. The maximum absolute atomic E-state index is 11.5. The van der Waals surface area contributed by atoms with E-state index in [1.165, 1.54) is 31.4 Å². The van der Waals surface area contributed by atoms with Gasteiger partial charge in [0, 0.05) is 12.6 Å². The van der Waals surface area contributed by atoms with Gasteiger partial charge in [-0.15, -0.1) is 0 Å². The Morgan fingerprint density at radius 2 is 1.84 bits per heavy atom. The van der Waals surface area contributed by atoms with Crippen molar-refractivity contribution in [1.82, 2.24) is 5.32 Å². The molecule has 0 amide bonds. The van der Waals surface area contributed by atoms with E-state index in [1.807, 2.05) is 25.6 Å². The molecule has 0 spiro atoms. The Bertz CT molecular complexity index is 271. The van der Waals surface area contributed by atoms with E-state index in [9.17, 15) is 9.90 Å². The van der Waals surface area contributed by atoms with Crippen molar-refractivity contribution in [2.45, 2.75) is 58.4 Å². The lowest BCUT2D eigenvalue weighted by molar-refractivity contribution is -0.149. The van der Waals surface area contributed by atoms with Gasteiger partial charge in [0.25, 0.3) is 0 Å². The molecule has 2 N–H and O–H groups in total. The number of rotatable bonds is 8. The summed E-state index contributed by atoms with van der Waals surface area (Å²) in [5.74, 6) is 1.49. The summed E-state index contributed by atoms with van der Waals surface area (Å²) in [6, 6.07) is 0.523. The predicted octanol–water partition coefficient (Wildman–Crippen LogP) is 3.39. The summed E-state index contributed by atoms with van der Waals surface area (Å²) in [6.07, 6.45) is 8.56. The Labute approximate surface area is 121 Å². The molecule has 112 valence electrons. The number of aliphatic carboxylic acids is 1. The van der Waals surface area contributed by atoms with Gasteiger partial charge < -0.3 is 10.4 Å². The Morgan fingerprint density at radius 1 is 1.26 bits per heavy atom. The van der Waals surface area contributed by atoms with Crippen molar-refractivity contribution in [3.05, 3.63) is 0 Å². The molecule has 0 aromatic carbocycles. The van der Waals surface area contributed by atoms with Crippen molar-refractivity contribution in [3.8, 4) is 0 Å². The minimum absolute atomic E-state index is 0.523. The first kappa shape index (κ1) is 16.8. The molecular formula is C15H29NO2S. The highest BCUT2D eigenvalue weighted by molar-refractivity contribution is 7.98. The van der Waals surface area contributed by atoms with Crippen molar-refractivity contribution in [2.24, 2.45) is 11.3 Å². The van der Waals surface area contributed by atoms with E-state index in [0.717, 1.165) is 5.92 Å². The second-order valence-electron chi connectivity index (χ2n) is 5.85. The molecule has 0 aromatic heterocycles. The predicted molar refractivity (Wildman–Crippen MR) is 82.8 cm³/mol. The van der Waals surface area contributed by atoms with Gasteiger partial charge in [-0.2, -0.15) is 11.8 Å². The summed E-state index contributed by atoms with van der Waals surface area (Å²) in [7, 11) is 0. The number of hydrogen-bond donors (Lipinski definition) is 2. The van der Waals surface area contributed by atoms with E-state index in [2.05, 4.69) is 11.6 Å². The van der Waals surface area contributed by atoms with E-state index in [1.54, 1.807) is 0 Å². The van der Waals surface area contributed by atoms with Gasteiger partial charge in [-0.05, 0) is 56.5 Å².